The lowest BCUT2D eigenvalue weighted by molar-refractivity contribution is -0.159. The second kappa shape index (κ2) is 13.6. The van der Waals surface area contributed by atoms with Gasteiger partial charge in [-0.25, -0.2) is 14.7 Å². The molecule has 0 aliphatic rings. The van der Waals surface area contributed by atoms with Gasteiger partial charge in [-0.1, -0.05) is 24.3 Å². The minimum atomic E-state index is -1.25. The van der Waals surface area contributed by atoms with Gasteiger partial charge < -0.3 is 26.0 Å². The molecular formula is C24H31N5O5. The second-order valence-electron chi connectivity index (χ2n) is 7.73. The van der Waals surface area contributed by atoms with E-state index >= 15 is 0 Å². The van der Waals surface area contributed by atoms with Crippen molar-refractivity contribution in [1.82, 2.24) is 15.7 Å². The molecule has 3 amide bonds. The lowest BCUT2D eigenvalue weighted by Gasteiger charge is -2.13. The molecule has 0 bridgehead atoms. The minimum Gasteiger partial charge on any atom is -0.478 e. The topological polar surface area (TPSA) is 134 Å². The van der Waals surface area contributed by atoms with E-state index in [1.165, 1.54) is 0 Å². The molecule has 10 nitrogen and oxygen atoms in total. The van der Waals surface area contributed by atoms with Crippen molar-refractivity contribution >= 4 is 29.3 Å². The van der Waals surface area contributed by atoms with Gasteiger partial charge in [0.2, 0.25) is 0 Å². The van der Waals surface area contributed by atoms with Crippen molar-refractivity contribution in [3.63, 3.8) is 0 Å². The number of urea groups is 1. The number of nitrogens with zero attached hydrogens (tertiary/aromatic N) is 2. The highest BCUT2D eigenvalue weighted by atomic mass is 16.5. The maximum absolute atomic E-state index is 12.1. The summed E-state index contributed by atoms with van der Waals surface area (Å²) in [7, 11) is 3.91. The number of hydroxylamine groups is 2. The highest BCUT2D eigenvalue weighted by molar-refractivity contribution is 5.93. The van der Waals surface area contributed by atoms with E-state index in [1.807, 2.05) is 67.5 Å². The van der Waals surface area contributed by atoms with E-state index in [2.05, 4.69) is 16.0 Å². The van der Waals surface area contributed by atoms with Crippen molar-refractivity contribution in [3.05, 3.63) is 71.8 Å². The average Bonchev–Trinajstić information content (AvgIpc) is 2.81. The van der Waals surface area contributed by atoms with E-state index in [4.69, 9.17) is 5.11 Å². The maximum Gasteiger partial charge on any atom is 0.328 e. The van der Waals surface area contributed by atoms with Gasteiger partial charge in [0.25, 0.3) is 5.91 Å². The van der Waals surface area contributed by atoms with E-state index in [-0.39, 0.29) is 12.6 Å². The third kappa shape index (κ3) is 9.72. The summed E-state index contributed by atoms with van der Waals surface area (Å²) < 4.78 is 0. The Kier molecular flexibility index (Phi) is 10.6. The number of carboxylic acids is 1. The predicted octanol–water partition coefficient (Wildman–Crippen LogP) is 2.41. The highest BCUT2D eigenvalue weighted by Gasteiger charge is 2.07. The molecule has 5 N–H and O–H groups in total. The molecule has 0 radical (unpaired) electrons. The Labute approximate surface area is 198 Å². The summed E-state index contributed by atoms with van der Waals surface area (Å²) in [6, 6.07) is 15.1. The van der Waals surface area contributed by atoms with E-state index < -0.39 is 11.9 Å². The zero-order chi connectivity index (χ0) is 24.9. The number of carbonyl (C=O) groups excluding carboxylic acids is 2. The number of carbonyl (C=O) groups is 3. The molecular weight excluding hydrogens is 438 g/mol. The molecule has 0 aliphatic heterocycles. The summed E-state index contributed by atoms with van der Waals surface area (Å²) in [6.07, 6.45) is 1.98. The van der Waals surface area contributed by atoms with Gasteiger partial charge in [0.1, 0.15) is 0 Å². The Morgan fingerprint density at radius 1 is 0.912 bits per heavy atom. The van der Waals surface area contributed by atoms with Crippen molar-refractivity contribution in [2.45, 2.75) is 19.5 Å². The number of amides is 3. The lowest BCUT2D eigenvalue weighted by atomic mass is 10.1. The molecule has 0 aromatic heterocycles. The van der Waals surface area contributed by atoms with Crippen LogP contribution in [-0.4, -0.2) is 60.5 Å². The van der Waals surface area contributed by atoms with Crippen LogP contribution < -0.4 is 20.9 Å². The standard InChI is InChI=1S/C24H31N5O5/c1-28(2)21-10-8-20(9-11-21)27-24(33)26-17-19-6-4-18(5-7-19)16-25-14-3-15-29(34)22(30)12-13-23(31)32/h4-13,25,34H,3,14-17H2,1-2H3,(H,31,32)(H2,26,27,33)/b13-12+. The van der Waals surface area contributed by atoms with Crippen molar-refractivity contribution in [1.29, 1.82) is 0 Å². The quantitative estimate of drug-likeness (QED) is 0.139. The number of anilines is 2. The normalized spacial score (nSPS) is 10.7. The van der Waals surface area contributed by atoms with Gasteiger partial charge in [-0.05, 0) is 48.4 Å². The first-order valence-electron chi connectivity index (χ1n) is 10.8. The van der Waals surface area contributed by atoms with Crippen LogP contribution in [0.1, 0.15) is 17.5 Å². The minimum absolute atomic E-state index is 0.0856. The molecule has 182 valence electrons. The number of carboxylic acid groups (broad SMARTS) is 1. The fourth-order valence-corrected chi connectivity index (χ4v) is 2.90. The van der Waals surface area contributed by atoms with Gasteiger partial charge in [0.05, 0.1) is 0 Å². The zero-order valence-corrected chi connectivity index (χ0v) is 19.3. The van der Waals surface area contributed by atoms with Gasteiger partial charge >= 0.3 is 12.0 Å². The fraction of sp³-hybridized carbons (Fsp3) is 0.292. The van der Waals surface area contributed by atoms with Crippen molar-refractivity contribution < 1.29 is 24.7 Å². The molecule has 2 aromatic rings. The average molecular weight is 470 g/mol. The molecule has 10 heteroatoms. The second-order valence-corrected chi connectivity index (χ2v) is 7.73. The number of hydrogen-bond acceptors (Lipinski definition) is 6. The molecule has 0 fully saturated rings. The number of nitrogens with one attached hydrogen (secondary N) is 3. The van der Waals surface area contributed by atoms with E-state index in [0.717, 1.165) is 28.6 Å². The Hall–Kier alpha value is -3.89. The zero-order valence-electron chi connectivity index (χ0n) is 19.3. The molecule has 0 spiro atoms. The third-order valence-electron chi connectivity index (χ3n) is 4.79. The van der Waals surface area contributed by atoms with Crippen LogP contribution in [0, 0.1) is 0 Å². The van der Waals surface area contributed by atoms with Crippen LogP contribution in [0.4, 0.5) is 16.2 Å². The molecule has 2 aromatic carbocycles. The van der Waals surface area contributed by atoms with Crippen molar-refractivity contribution in [2.24, 2.45) is 0 Å². The monoisotopic (exact) mass is 469 g/mol. The van der Waals surface area contributed by atoms with E-state index in [0.29, 0.717) is 37.2 Å². The van der Waals surface area contributed by atoms with Gasteiger partial charge in [0, 0.05) is 57.3 Å². The Balaban J connectivity index is 1.64. The molecule has 0 unspecified atom stereocenters. The van der Waals surface area contributed by atoms with Gasteiger partial charge in [-0.15, -0.1) is 0 Å². The Morgan fingerprint density at radius 2 is 1.53 bits per heavy atom. The molecule has 0 saturated carbocycles. The highest BCUT2D eigenvalue weighted by Crippen LogP contribution is 2.15. The molecule has 0 atom stereocenters. The molecule has 0 aliphatic carbocycles. The summed E-state index contributed by atoms with van der Waals surface area (Å²) in [5.41, 5.74) is 3.78. The smallest absolute Gasteiger partial charge is 0.328 e. The Morgan fingerprint density at radius 3 is 2.12 bits per heavy atom. The summed E-state index contributed by atoms with van der Waals surface area (Å²) >= 11 is 0. The van der Waals surface area contributed by atoms with Crippen LogP contribution in [0.2, 0.25) is 0 Å². The summed E-state index contributed by atoms with van der Waals surface area (Å²) in [4.78, 5) is 35.9. The summed E-state index contributed by atoms with van der Waals surface area (Å²) in [5, 5.41) is 27.4. The number of hydrogen-bond donors (Lipinski definition) is 5. The third-order valence-corrected chi connectivity index (χ3v) is 4.79. The molecule has 0 saturated heterocycles. The van der Waals surface area contributed by atoms with Crippen LogP contribution >= 0.6 is 0 Å². The summed E-state index contributed by atoms with van der Waals surface area (Å²) in [6.45, 7) is 1.65. The van der Waals surface area contributed by atoms with Crippen LogP contribution in [0.25, 0.3) is 0 Å². The first kappa shape index (κ1) is 26.4. The predicted molar refractivity (Wildman–Crippen MR) is 130 cm³/mol. The van der Waals surface area contributed by atoms with Crippen molar-refractivity contribution in [3.8, 4) is 0 Å². The van der Waals surface area contributed by atoms with E-state index in [9.17, 15) is 19.6 Å². The fourth-order valence-electron chi connectivity index (χ4n) is 2.90. The molecule has 2 rings (SSSR count). The lowest BCUT2D eigenvalue weighted by Crippen LogP contribution is -2.29. The molecule has 34 heavy (non-hydrogen) atoms. The number of rotatable bonds is 12. The van der Waals surface area contributed by atoms with Crippen LogP contribution in [-0.2, 0) is 22.7 Å². The summed E-state index contributed by atoms with van der Waals surface area (Å²) in [5.74, 6) is -2.03. The Bertz CT molecular complexity index is 974. The van der Waals surface area contributed by atoms with E-state index in [1.54, 1.807) is 0 Å². The first-order valence-corrected chi connectivity index (χ1v) is 10.8. The van der Waals surface area contributed by atoms with Crippen LogP contribution in [0.3, 0.4) is 0 Å². The van der Waals surface area contributed by atoms with Crippen LogP contribution in [0.5, 0.6) is 0 Å². The van der Waals surface area contributed by atoms with Crippen LogP contribution in [0.15, 0.2) is 60.7 Å². The molecule has 0 heterocycles. The number of aliphatic carboxylic acids is 1. The maximum atomic E-state index is 12.1. The number of benzene rings is 2. The first-order chi connectivity index (χ1) is 16.2. The van der Waals surface area contributed by atoms with Gasteiger partial charge in [-0.3, -0.25) is 10.0 Å². The van der Waals surface area contributed by atoms with Crippen molar-refractivity contribution in [2.75, 3.05) is 37.4 Å². The van der Waals surface area contributed by atoms with Gasteiger partial charge in [0.15, 0.2) is 0 Å². The largest absolute Gasteiger partial charge is 0.478 e. The van der Waals surface area contributed by atoms with Gasteiger partial charge in [-0.2, -0.15) is 0 Å². The SMILES string of the molecule is CN(C)c1ccc(NC(=O)NCc2ccc(CNCCCN(O)C(=O)/C=C/C(=O)O)cc2)cc1.